The van der Waals surface area contributed by atoms with Crippen LogP contribution in [-0.2, 0) is 0 Å². The molecule has 0 radical (unpaired) electrons. The molecule has 3 nitrogen and oxygen atoms in total. The predicted octanol–water partition coefficient (Wildman–Crippen LogP) is 0.936. The molecule has 1 unspecified atom stereocenters. The van der Waals surface area contributed by atoms with Crippen LogP contribution < -0.4 is 5.32 Å². The third-order valence-corrected chi connectivity index (χ3v) is 3.17. The van der Waals surface area contributed by atoms with Crippen LogP contribution in [0.5, 0.6) is 0 Å². The summed E-state index contributed by atoms with van der Waals surface area (Å²) in [7, 11) is 2.01. The van der Waals surface area contributed by atoms with Crippen LogP contribution in [0.3, 0.4) is 0 Å². The first-order chi connectivity index (χ1) is 7.07. The molecule has 90 valence electrons. The molecule has 0 spiro atoms. The second-order valence-electron chi connectivity index (χ2n) is 5.62. The zero-order chi connectivity index (χ0) is 11.3. The topological polar surface area (TPSA) is 35.5 Å². The molecule has 0 aromatic rings. The van der Waals surface area contributed by atoms with Crippen molar-refractivity contribution in [2.24, 2.45) is 11.3 Å². The summed E-state index contributed by atoms with van der Waals surface area (Å²) in [6, 6.07) is 0. The Kier molecular flexibility index (Phi) is 5.03. The van der Waals surface area contributed by atoms with Crippen LogP contribution in [0.2, 0.25) is 0 Å². The second-order valence-corrected chi connectivity index (χ2v) is 5.62. The van der Waals surface area contributed by atoms with E-state index >= 15 is 0 Å². The monoisotopic (exact) mass is 214 g/mol. The number of rotatable bonds is 5. The van der Waals surface area contributed by atoms with Crippen molar-refractivity contribution in [1.29, 1.82) is 0 Å². The number of aliphatic hydroxyl groups is 1. The van der Waals surface area contributed by atoms with Crippen molar-refractivity contribution in [2.75, 3.05) is 39.8 Å². The SMILES string of the molecule is CNCC(C)(C)CN1CCCC(CO)C1. The van der Waals surface area contributed by atoms with Gasteiger partial charge < -0.3 is 15.3 Å². The maximum Gasteiger partial charge on any atom is 0.0471 e. The van der Waals surface area contributed by atoms with Crippen LogP contribution in [0.1, 0.15) is 26.7 Å². The average Bonchev–Trinajstić information content (AvgIpc) is 2.17. The molecule has 3 heteroatoms. The molecule has 1 fully saturated rings. The predicted molar refractivity (Wildman–Crippen MR) is 64.0 cm³/mol. The molecular formula is C12H26N2O. The second kappa shape index (κ2) is 5.83. The van der Waals surface area contributed by atoms with Gasteiger partial charge in [0.15, 0.2) is 0 Å². The Morgan fingerprint density at radius 3 is 2.80 bits per heavy atom. The van der Waals surface area contributed by atoms with Crippen LogP contribution in [0, 0.1) is 11.3 Å². The van der Waals surface area contributed by atoms with Gasteiger partial charge in [0.1, 0.15) is 0 Å². The van der Waals surface area contributed by atoms with Gasteiger partial charge >= 0.3 is 0 Å². The number of aliphatic hydroxyl groups excluding tert-OH is 1. The average molecular weight is 214 g/mol. The fourth-order valence-corrected chi connectivity index (χ4v) is 2.58. The summed E-state index contributed by atoms with van der Waals surface area (Å²) in [4.78, 5) is 2.50. The molecule has 1 saturated heterocycles. The quantitative estimate of drug-likeness (QED) is 0.715. The number of nitrogens with zero attached hydrogens (tertiary/aromatic N) is 1. The van der Waals surface area contributed by atoms with E-state index in [0.717, 1.165) is 19.6 Å². The molecule has 1 aliphatic rings. The molecule has 1 atom stereocenters. The highest BCUT2D eigenvalue weighted by Crippen LogP contribution is 2.21. The van der Waals surface area contributed by atoms with Crippen molar-refractivity contribution in [2.45, 2.75) is 26.7 Å². The van der Waals surface area contributed by atoms with Gasteiger partial charge in [-0.1, -0.05) is 13.8 Å². The molecule has 1 aliphatic heterocycles. The van der Waals surface area contributed by atoms with E-state index in [1.54, 1.807) is 0 Å². The van der Waals surface area contributed by atoms with E-state index in [4.69, 9.17) is 0 Å². The van der Waals surface area contributed by atoms with E-state index in [2.05, 4.69) is 24.1 Å². The highest BCUT2D eigenvalue weighted by atomic mass is 16.3. The molecule has 15 heavy (non-hydrogen) atoms. The van der Waals surface area contributed by atoms with Crippen LogP contribution in [-0.4, -0.2) is 49.8 Å². The summed E-state index contributed by atoms with van der Waals surface area (Å²) >= 11 is 0. The summed E-state index contributed by atoms with van der Waals surface area (Å²) < 4.78 is 0. The largest absolute Gasteiger partial charge is 0.396 e. The molecule has 0 amide bonds. The lowest BCUT2D eigenvalue weighted by Crippen LogP contribution is -2.44. The van der Waals surface area contributed by atoms with Gasteiger partial charge in [-0.2, -0.15) is 0 Å². The van der Waals surface area contributed by atoms with E-state index in [0.29, 0.717) is 17.9 Å². The van der Waals surface area contributed by atoms with E-state index in [-0.39, 0.29) is 0 Å². The number of hydrogen-bond donors (Lipinski definition) is 2. The lowest BCUT2D eigenvalue weighted by atomic mass is 9.90. The zero-order valence-electron chi connectivity index (χ0n) is 10.4. The van der Waals surface area contributed by atoms with E-state index in [9.17, 15) is 5.11 Å². The van der Waals surface area contributed by atoms with Crippen LogP contribution >= 0.6 is 0 Å². The lowest BCUT2D eigenvalue weighted by Gasteiger charge is -2.37. The third kappa shape index (κ3) is 4.49. The first-order valence-corrected chi connectivity index (χ1v) is 6.05. The van der Waals surface area contributed by atoms with E-state index in [1.807, 2.05) is 7.05 Å². The summed E-state index contributed by atoms with van der Waals surface area (Å²) in [5.41, 5.74) is 0.325. The fraction of sp³-hybridized carbons (Fsp3) is 1.00. The minimum Gasteiger partial charge on any atom is -0.396 e. The summed E-state index contributed by atoms with van der Waals surface area (Å²) in [5.74, 6) is 0.504. The molecule has 0 bridgehead atoms. The Hall–Kier alpha value is -0.120. The highest BCUT2D eigenvalue weighted by Gasteiger charge is 2.25. The van der Waals surface area contributed by atoms with Crippen molar-refractivity contribution in [1.82, 2.24) is 10.2 Å². The van der Waals surface area contributed by atoms with E-state index in [1.165, 1.54) is 19.4 Å². The summed E-state index contributed by atoms with van der Waals surface area (Å²) in [5, 5.41) is 12.4. The van der Waals surface area contributed by atoms with Crippen molar-refractivity contribution >= 4 is 0 Å². The number of piperidine rings is 1. The summed E-state index contributed by atoms with van der Waals surface area (Å²) in [6.07, 6.45) is 2.43. The molecule has 2 N–H and O–H groups in total. The molecule has 0 aliphatic carbocycles. The third-order valence-electron chi connectivity index (χ3n) is 3.17. The van der Waals surface area contributed by atoms with Crippen molar-refractivity contribution in [3.8, 4) is 0 Å². The molecule has 0 aromatic carbocycles. The standard InChI is InChI=1S/C12H26N2O/c1-12(2,9-13-3)10-14-6-4-5-11(7-14)8-15/h11,13,15H,4-10H2,1-3H3. The fourth-order valence-electron chi connectivity index (χ4n) is 2.58. The lowest BCUT2D eigenvalue weighted by molar-refractivity contribution is 0.0895. The maximum absolute atomic E-state index is 9.17. The first-order valence-electron chi connectivity index (χ1n) is 6.05. The van der Waals surface area contributed by atoms with Crippen molar-refractivity contribution in [3.63, 3.8) is 0 Å². The maximum atomic E-state index is 9.17. The zero-order valence-corrected chi connectivity index (χ0v) is 10.4. The Morgan fingerprint density at radius 2 is 2.20 bits per heavy atom. The van der Waals surface area contributed by atoms with Crippen LogP contribution in [0.4, 0.5) is 0 Å². The molecular weight excluding hydrogens is 188 g/mol. The number of nitrogens with one attached hydrogen (secondary N) is 1. The van der Waals surface area contributed by atoms with Gasteiger partial charge in [-0.05, 0) is 37.8 Å². The minimum atomic E-state index is 0.325. The first kappa shape index (κ1) is 12.9. The smallest absolute Gasteiger partial charge is 0.0471 e. The Bertz CT molecular complexity index is 182. The van der Waals surface area contributed by atoms with Gasteiger partial charge in [0, 0.05) is 26.2 Å². The van der Waals surface area contributed by atoms with Gasteiger partial charge in [-0.3, -0.25) is 0 Å². The van der Waals surface area contributed by atoms with Crippen molar-refractivity contribution < 1.29 is 5.11 Å². The molecule has 0 saturated carbocycles. The summed E-state index contributed by atoms with van der Waals surface area (Å²) in [6.45, 7) is 9.39. The molecule has 0 aromatic heterocycles. The Balaban J connectivity index is 2.36. The van der Waals surface area contributed by atoms with Gasteiger partial charge in [-0.15, -0.1) is 0 Å². The van der Waals surface area contributed by atoms with Crippen molar-refractivity contribution in [3.05, 3.63) is 0 Å². The van der Waals surface area contributed by atoms with Gasteiger partial charge in [0.2, 0.25) is 0 Å². The van der Waals surface area contributed by atoms with Gasteiger partial charge in [-0.25, -0.2) is 0 Å². The normalized spacial score (nSPS) is 24.4. The van der Waals surface area contributed by atoms with Crippen LogP contribution in [0.25, 0.3) is 0 Å². The Morgan fingerprint density at radius 1 is 1.47 bits per heavy atom. The van der Waals surface area contributed by atoms with Gasteiger partial charge in [0.05, 0.1) is 0 Å². The van der Waals surface area contributed by atoms with Crippen LogP contribution in [0.15, 0.2) is 0 Å². The Labute approximate surface area is 93.9 Å². The molecule has 1 heterocycles. The highest BCUT2D eigenvalue weighted by molar-refractivity contribution is 4.80. The molecule has 1 rings (SSSR count). The number of likely N-dealkylation sites (tertiary alicyclic amines) is 1. The number of hydrogen-bond acceptors (Lipinski definition) is 3. The van der Waals surface area contributed by atoms with Gasteiger partial charge in [0.25, 0.3) is 0 Å². The minimum absolute atomic E-state index is 0.325. The van der Waals surface area contributed by atoms with E-state index < -0.39 is 0 Å².